The number of hydrogen-bond donors (Lipinski definition) is 0. The molecule has 6 heteroatoms. The molecule has 0 bridgehead atoms. The van der Waals surface area contributed by atoms with Gasteiger partial charge >= 0.3 is 0 Å². The third kappa shape index (κ3) is 2.68. The molecule has 0 aliphatic rings. The number of thiophene rings is 1. The molecule has 3 nitrogen and oxygen atoms in total. The lowest BCUT2D eigenvalue weighted by atomic mass is 10.4. The summed E-state index contributed by atoms with van der Waals surface area (Å²) in [6, 6.07) is 2.49. The highest BCUT2D eigenvalue weighted by Gasteiger charge is 2.11. The van der Waals surface area contributed by atoms with Crippen LogP contribution in [0.5, 0.6) is 6.01 Å². The zero-order chi connectivity index (χ0) is 13.1. The first-order valence-electron chi connectivity index (χ1n) is 6.00. The quantitative estimate of drug-likeness (QED) is 0.750. The van der Waals surface area contributed by atoms with Gasteiger partial charge in [0, 0.05) is 11.9 Å². The van der Waals surface area contributed by atoms with Crippen molar-refractivity contribution in [3.8, 4) is 6.01 Å². The van der Waals surface area contributed by atoms with Crippen molar-refractivity contribution in [2.75, 3.05) is 6.61 Å². The van der Waals surface area contributed by atoms with Crippen LogP contribution < -0.4 is 4.74 Å². The minimum Gasteiger partial charge on any atom is -0.465 e. The molecule has 0 aromatic carbocycles. The molecule has 0 aliphatic carbocycles. The summed E-state index contributed by atoms with van der Waals surface area (Å²) in [7, 11) is 0. The second-order valence-electron chi connectivity index (χ2n) is 3.97. The van der Waals surface area contributed by atoms with E-state index in [-0.39, 0.29) is 0 Å². The van der Waals surface area contributed by atoms with Gasteiger partial charge in [-0.3, -0.25) is 4.57 Å². The summed E-state index contributed by atoms with van der Waals surface area (Å²) in [5, 5.41) is 0.942. The lowest BCUT2D eigenvalue weighted by Gasteiger charge is -2.12. The molecule has 2 aromatic rings. The molecular weight excluding hydrogens is 288 g/mol. The van der Waals surface area contributed by atoms with Crippen LogP contribution in [0, 0.1) is 4.64 Å². The maximum Gasteiger partial charge on any atom is 0.298 e. The van der Waals surface area contributed by atoms with Gasteiger partial charge in [0.15, 0.2) is 0 Å². The lowest BCUT2D eigenvalue weighted by Crippen LogP contribution is -2.09. The van der Waals surface area contributed by atoms with E-state index in [4.69, 9.17) is 28.6 Å². The minimum absolute atomic E-state index is 0.606. The molecule has 0 fully saturated rings. The fourth-order valence-electron chi connectivity index (χ4n) is 1.69. The van der Waals surface area contributed by atoms with E-state index in [1.54, 1.807) is 0 Å². The predicted octanol–water partition coefficient (Wildman–Crippen LogP) is 4.68. The Kier molecular flexibility index (Phi) is 4.59. The first-order valence-corrected chi connectivity index (χ1v) is 7.60. The number of halogens is 1. The molecule has 0 N–H and O–H groups in total. The van der Waals surface area contributed by atoms with Gasteiger partial charge in [-0.1, -0.05) is 37.7 Å². The Morgan fingerprint density at radius 3 is 2.89 bits per heavy atom. The van der Waals surface area contributed by atoms with Gasteiger partial charge in [-0.25, -0.2) is 0 Å². The van der Waals surface area contributed by atoms with Crippen LogP contribution in [0.3, 0.4) is 0 Å². The van der Waals surface area contributed by atoms with E-state index >= 15 is 0 Å². The Morgan fingerprint density at radius 2 is 2.22 bits per heavy atom. The molecule has 18 heavy (non-hydrogen) atoms. The van der Waals surface area contributed by atoms with Crippen LogP contribution in [0.15, 0.2) is 6.07 Å². The van der Waals surface area contributed by atoms with Crippen LogP contribution in [0.4, 0.5) is 0 Å². The summed E-state index contributed by atoms with van der Waals surface area (Å²) in [6.45, 7) is 5.64. The molecule has 0 spiro atoms. The smallest absolute Gasteiger partial charge is 0.298 e. The maximum absolute atomic E-state index is 6.02. The summed E-state index contributed by atoms with van der Waals surface area (Å²) >= 11 is 13.0. The van der Waals surface area contributed by atoms with Crippen molar-refractivity contribution in [3.63, 3.8) is 0 Å². The standard InChI is InChI=1S/C12H15ClN2OS2/c1-3-5-15-11(17)8-7-9(13)18-10(8)14-12(15)16-6-4-2/h7H,3-6H2,1-2H3. The van der Waals surface area contributed by atoms with Crippen molar-refractivity contribution in [2.24, 2.45) is 0 Å². The molecule has 98 valence electrons. The summed E-state index contributed by atoms with van der Waals surface area (Å²) in [4.78, 5) is 5.37. The first kappa shape index (κ1) is 13.8. The molecule has 0 unspecified atom stereocenters. The lowest BCUT2D eigenvalue weighted by molar-refractivity contribution is 0.273. The van der Waals surface area contributed by atoms with Crippen LogP contribution in [-0.2, 0) is 6.54 Å². The normalized spacial score (nSPS) is 11.1. The Bertz CT molecular complexity index is 606. The van der Waals surface area contributed by atoms with Gasteiger partial charge in [0.25, 0.3) is 6.01 Å². The molecule has 0 radical (unpaired) electrons. The Hall–Kier alpha value is -0.650. The van der Waals surface area contributed by atoms with E-state index in [1.165, 1.54) is 11.3 Å². The number of fused-ring (bicyclic) bond motifs is 1. The highest BCUT2D eigenvalue weighted by Crippen LogP contribution is 2.30. The average Bonchev–Trinajstić information content (AvgIpc) is 2.72. The van der Waals surface area contributed by atoms with Crippen molar-refractivity contribution in [2.45, 2.75) is 33.2 Å². The van der Waals surface area contributed by atoms with Gasteiger partial charge in [-0.15, -0.1) is 11.3 Å². The van der Waals surface area contributed by atoms with Crippen LogP contribution in [0.2, 0.25) is 4.34 Å². The van der Waals surface area contributed by atoms with Gasteiger partial charge in [-0.2, -0.15) is 4.98 Å². The third-order valence-corrected chi connectivity index (χ3v) is 4.07. The summed E-state index contributed by atoms with van der Waals surface area (Å²) in [6.07, 6.45) is 1.94. The largest absolute Gasteiger partial charge is 0.465 e. The van der Waals surface area contributed by atoms with Crippen molar-refractivity contribution in [1.82, 2.24) is 9.55 Å². The van der Waals surface area contributed by atoms with E-state index in [0.717, 1.165) is 34.2 Å². The molecule has 0 saturated carbocycles. The highest BCUT2D eigenvalue weighted by molar-refractivity contribution is 7.71. The third-order valence-electron chi connectivity index (χ3n) is 2.47. The van der Waals surface area contributed by atoms with Crippen molar-refractivity contribution < 1.29 is 4.74 Å². The fourth-order valence-corrected chi connectivity index (χ4v) is 3.16. The fraction of sp³-hybridized carbons (Fsp3) is 0.500. The topological polar surface area (TPSA) is 27.1 Å². The second kappa shape index (κ2) is 5.99. The molecule has 2 aromatic heterocycles. The van der Waals surface area contributed by atoms with Gasteiger partial charge in [0.1, 0.15) is 9.47 Å². The van der Waals surface area contributed by atoms with E-state index in [0.29, 0.717) is 17.0 Å². The molecule has 0 atom stereocenters. The maximum atomic E-state index is 6.02. The second-order valence-corrected chi connectivity index (χ2v) is 6.02. The summed E-state index contributed by atoms with van der Waals surface area (Å²) in [5.41, 5.74) is 0. The predicted molar refractivity (Wildman–Crippen MR) is 79.5 cm³/mol. The molecule has 0 amide bonds. The van der Waals surface area contributed by atoms with Crippen LogP contribution in [0.1, 0.15) is 26.7 Å². The molecule has 0 aliphatic heterocycles. The monoisotopic (exact) mass is 302 g/mol. The zero-order valence-corrected chi connectivity index (χ0v) is 12.8. The molecule has 0 saturated heterocycles. The van der Waals surface area contributed by atoms with Gasteiger partial charge in [0.2, 0.25) is 0 Å². The summed E-state index contributed by atoms with van der Waals surface area (Å²) in [5.74, 6) is 0. The van der Waals surface area contributed by atoms with E-state index in [1.807, 2.05) is 10.6 Å². The minimum atomic E-state index is 0.606. The van der Waals surface area contributed by atoms with Gasteiger partial charge < -0.3 is 4.74 Å². The number of ether oxygens (including phenoxy) is 1. The Morgan fingerprint density at radius 1 is 1.44 bits per heavy atom. The first-order chi connectivity index (χ1) is 8.67. The SMILES string of the molecule is CCCOc1nc2sc(Cl)cc2c(=S)n1CCC. The van der Waals surface area contributed by atoms with Crippen LogP contribution in [-0.4, -0.2) is 16.2 Å². The number of hydrogen-bond acceptors (Lipinski definition) is 4. The van der Waals surface area contributed by atoms with E-state index < -0.39 is 0 Å². The number of rotatable bonds is 5. The van der Waals surface area contributed by atoms with Gasteiger partial charge in [0.05, 0.1) is 10.9 Å². The molecule has 2 rings (SSSR count). The Labute approximate surface area is 120 Å². The zero-order valence-electron chi connectivity index (χ0n) is 10.4. The van der Waals surface area contributed by atoms with E-state index in [2.05, 4.69) is 18.8 Å². The number of aromatic nitrogens is 2. The van der Waals surface area contributed by atoms with Crippen molar-refractivity contribution in [3.05, 3.63) is 15.0 Å². The van der Waals surface area contributed by atoms with Gasteiger partial charge in [-0.05, 0) is 18.9 Å². The van der Waals surface area contributed by atoms with Crippen LogP contribution >= 0.6 is 35.2 Å². The van der Waals surface area contributed by atoms with Crippen molar-refractivity contribution in [1.29, 1.82) is 0 Å². The summed E-state index contributed by atoms with van der Waals surface area (Å²) < 4.78 is 9.11. The highest BCUT2D eigenvalue weighted by atomic mass is 35.5. The average molecular weight is 303 g/mol. The van der Waals surface area contributed by atoms with E-state index in [9.17, 15) is 0 Å². The number of nitrogens with zero attached hydrogens (tertiary/aromatic N) is 2. The van der Waals surface area contributed by atoms with Crippen LogP contribution in [0.25, 0.3) is 10.2 Å². The van der Waals surface area contributed by atoms with Crippen molar-refractivity contribution >= 4 is 45.4 Å². The molecule has 2 heterocycles. The molecular formula is C12H15ClN2OS2. The Balaban J connectivity index is 2.58.